The minimum atomic E-state index is -0.100. The Kier molecular flexibility index (Phi) is 3.45. The van der Waals surface area contributed by atoms with Crippen LogP contribution in [0.1, 0.15) is 24.6 Å². The molecule has 1 aromatic rings. The number of nitrogens with two attached hydrogens (primary N) is 1. The summed E-state index contributed by atoms with van der Waals surface area (Å²) in [4.78, 5) is 0. The summed E-state index contributed by atoms with van der Waals surface area (Å²) in [6.07, 6.45) is 3.77. The molecular weight excluding hydrogens is 260 g/mol. The van der Waals surface area contributed by atoms with Crippen LogP contribution in [-0.4, -0.2) is 6.61 Å². The van der Waals surface area contributed by atoms with Crippen LogP contribution in [0, 0.1) is 0 Å². The molecule has 0 aromatic carbocycles. The minimum absolute atomic E-state index is 0.100. The van der Waals surface area contributed by atoms with Gasteiger partial charge in [-0.2, -0.15) is 0 Å². The summed E-state index contributed by atoms with van der Waals surface area (Å²) in [7, 11) is 0. The van der Waals surface area contributed by atoms with Crippen molar-refractivity contribution in [2.24, 2.45) is 5.84 Å². The lowest BCUT2D eigenvalue weighted by atomic mass is 10.0. The van der Waals surface area contributed by atoms with E-state index in [0.29, 0.717) is 4.67 Å². The van der Waals surface area contributed by atoms with E-state index >= 15 is 0 Å². The van der Waals surface area contributed by atoms with Gasteiger partial charge in [-0.15, -0.1) is 0 Å². The number of hydrogen-bond acceptors (Lipinski definition) is 4. The van der Waals surface area contributed by atoms with E-state index in [4.69, 9.17) is 15.0 Å². The average Bonchev–Trinajstić information content (AvgIpc) is 2.68. The lowest BCUT2D eigenvalue weighted by Gasteiger charge is -2.20. The highest BCUT2D eigenvalue weighted by Gasteiger charge is 2.20. The van der Waals surface area contributed by atoms with Gasteiger partial charge in [0.15, 0.2) is 4.67 Å². The molecule has 0 amide bonds. The smallest absolute Gasteiger partial charge is 0.169 e. The third-order valence-corrected chi connectivity index (χ3v) is 2.80. The van der Waals surface area contributed by atoms with Gasteiger partial charge in [-0.3, -0.25) is 5.84 Å². The van der Waals surface area contributed by atoms with E-state index in [1.54, 1.807) is 6.26 Å². The van der Waals surface area contributed by atoms with Crippen molar-refractivity contribution < 1.29 is 9.15 Å². The Morgan fingerprint density at radius 1 is 1.47 bits per heavy atom. The SMILES string of the molecule is NNC(C1=COCCC1)c1ccc(Br)o1. The van der Waals surface area contributed by atoms with Crippen LogP contribution in [0.15, 0.2) is 33.1 Å². The number of ether oxygens (including phenoxy) is 1. The minimum Gasteiger partial charge on any atom is -0.501 e. The maximum absolute atomic E-state index is 5.52. The second-order valence-electron chi connectivity index (χ2n) is 3.41. The van der Waals surface area contributed by atoms with Gasteiger partial charge in [0.25, 0.3) is 0 Å². The van der Waals surface area contributed by atoms with Gasteiger partial charge < -0.3 is 9.15 Å². The first-order valence-corrected chi connectivity index (χ1v) is 5.62. The molecule has 4 nitrogen and oxygen atoms in total. The van der Waals surface area contributed by atoms with Gasteiger partial charge in [0.05, 0.1) is 12.9 Å². The number of rotatable bonds is 3. The molecule has 2 rings (SSSR count). The molecule has 0 saturated carbocycles. The standard InChI is InChI=1S/C10H13BrN2O2/c11-9-4-3-8(15-9)10(13-12)7-2-1-5-14-6-7/h3-4,6,10,13H,1-2,5,12H2. The van der Waals surface area contributed by atoms with Crippen molar-refractivity contribution in [2.75, 3.05) is 6.61 Å². The lowest BCUT2D eigenvalue weighted by Crippen LogP contribution is -2.30. The van der Waals surface area contributed by atoms with Crippen molar-refractivity contribution >= 4 is 15.9 Å². The van der Waals surface area contributed by atoms with Gasteiger partial charge in [0.1, 0.15) is 11.8 Å². The average molecular weight is 273 g/mol. The first-order valence-electron chi connectivity index (χ1n) is 4.83. The van der Waals surface area contributed by atoms with Crippen molar-refractivity contribution in [3.63, 3.8) is 0 Å². The molecule has 3 N–H and O–H groups in total. The van der Waals surface area contributed by atoms with Gasteiger partial charge in [-0.05, 0) is 46.5 Å². The molecule has 82 valence electrons. The molecule has 1 aliphatic heterocycles. The fourth-order valence-corrected chi connectivity index (χ4v) is 1.97. The first-order chi connectivity index (χ1) is 7.31. The Morgan fingerprint density at radius 3 is 2.87 bits per heavy atom. The van der Waals surface area contributed by atoms with Gasteiger partial charge in [-0.25, -0.2) is 5.43 Å². The third-order valence-electron chi connectivity index (χ3n) is 2.38. The number of nitrogens with one attached hydrogen (secondary N) is 1. The zero-order chi connectivity index (χ0) is 10.7. The molecule has 0 saturated heterocycles. The van der Waals surface area contributed by atoms with Crippen molar-refractivity contribution in [1.29, 1.82) is 0 Å². The van der Waals surface area contributed by atoms with E-state index in [1.165, 1.54) is 0 Å². The number of halogens is 1. The largest absolute Gasteiger partial charge is 0.501 e. The van der Waals surface area contributed by atoms with E-state index in [0.717, 1.165) is 30.8 Å². The Morgan fingerprint density at radius 2 is 2.33 bits per heavy atom. The van der Waals surface area contributed by atoms with Crippen LogP contribution in [-0.2, 0) is 4.74 Å². The molecule has 2 heterocycles. The van der Waals surface area contributed by atoms with Crippen LogP contribution in [0.3, 0.4) is 0 Å². The van der Waals surface area contributed by atoms with Gasteiger partial charge in [0.2, 0.25) is 0 Å². The molecule has 1 unspecified atom stereocenters. The fraction of sp³-hybridized carbons (Fsp3) is 0.400. The van der Waals surface area contributed by atoms with E-state index in [-0.39, 0.29) is 6.04 Å². The maximum Gasteiger partial charge on any atom is 0.169 e. The predicted octanol–water partition coefficient (Wildman–Crippen LogP) is 2.24. The Balaban J connectivity index is 2.19. The molecule has 1 aromatic heterocycles. The van der Waals surface area contributed by atoms with Crippen LogP contribution in [0.2, 0.25) is 0 Å². The van der Waals surface area contributed by atoms with Crippen LogP contribution in [0.4, 0.5) is 0 Å². The summed E-state index contributed by atoms with van der Waals surface area (Å²) in [6, 6.07) is 3.64. The maximum atomic E-state index is 5.52. The predicted molar refractivity (Wildman–Crippen MR) is 59.7 cm³/mol. The Hall–Kier alpha value is -0.780. The number of furan rings is 1. The molecule has 1 atom stereocenters. The van der Waals surface area contributed by atoms with E-state index < -0.39 is 0 Å². The van der Waals surface area contributed by atoms with E-state index in [9.17, 15) is 0 Å². The summed E-state index contributed by atoms with van der Waals surface area (Å²) < 4.78 is 11.5. The molecular formula is C10H13BrN2O2. The van der Waals surface area contributed by atoms with Crippen LogP contribution in [0.5, 0.6) is 0 Å². The molecule has 0 fully saturated rings. The second kappa shape index (κ2) is 4.83. The highest BCUT2D eigenvalue weighted by Crippen LogP contribution is 2.29. The summed E-state index contributed by atoms with van der Waals surface area (Å²) in [5, 5.41) is 0. The molecule has 0 radical (unpaired) electrons. The van der Waals surface area contributed by atoms with Crippen molar-refractivity contribution in [3.8, 4) is 0 Å². The highest BCUT2D eigenvalue weighted by atomic mass is 79.9. The van der Waals surface area contributed by atoms with E-state index in [1.807, 2.05) is 12.1 Å². The quantitative estimate of drug-likeness (QED) is 0.655. The molecule has 0 aliphatic carbocycles. The molecule has 5 heteroatoms. The lowest BCUT2D eigenvalue weighted by molar-refractivity contribution is 0.217. The molecule has 0 bridgehead atoms. The van der Waals surface area contributed by atoms with Crippen molar-refractivity contribution in [2.45, 2.75) is 18.9 Å². The first kappa shape index (κ1) is 10.7. The van der Waals surface area contributed by atoms with Crippen molar-refractivity contribution in [3.05, 3.63) is 34.4 Å². The van der Waals surface area contributed by atoms with Crippen molar-refractivity contribution in [1.82, 2.24) is 5.43 Å². The van der Waals surface area contributed by atoms with Gasteiger partial charge in [0, 0.05) is 0 Å². The third kappa shape index (κ3) is 2.42. The van der Waals surface area contributed by atoms with Gasteiger partial charge >= 0.3 is 0 Å². The van der Waals surface area contributed by atoms with E-state index in [2.05, 4.69) is 21.4 Å². The summed E-state index contributed by atoms with van der Waals surface area (Å²) in [5.41, 5.74) is 3.85. The second-order valence-corrected chi connectivity index (χ2v) is 4.19. The highest BCUT2D eigenvalue weighted by molar-refractivity contribution is 9.10. The normalized spacial score (nSPS) is 18.1. The Labute approximate surface area is 96.6 Å². The topological polar surface area (TPSA) is 60.4 Å². The van der Waals surface area contributed by atoms with Crippen LogP contribution < -0.4 is 11.3 Å². The monoisotopic (exact) mass is 272 g/mol. The fourth-order valence-electron chi connectivity index (χ4n) is 1.65. The number of hydrogen-bond donors (Lipinski definition) is 2. The van der Waals surface area contributed by atoms with Crippen LogP contribution in [0.25, 0.3) is 0 Å². The Bertz CT molecular complexity index is 362. The molecule has 0 spiro atoms. The zero-order valence-corrected chi connectivity index (χ0v) is 9.79. The molecule has 1 aliphatic rings. The zero-order valence-electron chi connectivity index (χ0n) is 8.20. The van der Waals surface area contributed by atoms with Crippen LogP contribution >= 0.6 is 15.9 Å². The summed E-state index contributed by atoms with van der Waals surface area (Å²) in [5.74, 6) is 6.32. The summed E-state index contributed by atoms with van der Waals surface area (Å²) >= 11 is 3.27. The number of hydrazine groups is 1. The molecule has 15 heavy (non-hydrogen) atoms. The summed E-state index contributed by atoms with van der Waals surface area (Å²) in [6.45, 7) is 0.780. The van der Waals surface area contributed by atoms with Gasteiger partial charge in [-0.1, -0.05) is 0 Å².